The number of piperidine rings is 1. The first-order valence-corrected chi connectivity index (χ1v) is 10.2. The van der Waals surface area contributed by atoms with Crippen molar-refractivity contribution in [2.75, 3.05) is 19.6 Å². The molecule has 0 spiro atoms. The first-order valence-electron chi connectivity index (χ1n) is 10.2. The molecular weight excluding hydrogens is 356 g/mol. The molecule has 2 amide bonds. The standard InChI is InChI=1S/C20H28N6O2/c1-13-17(14(2)26-20(24-13)22-12-23-26)7-8-18(27)25-9-3-4-16(11-25)19(28)21-10-15-5-6-15/h12,15-16H,3-11H2,1-2H3,(H,21,28). The van der Waals surface area contributed by atoms with Crippen LogP contribution in [0.15, 0.2) is 6.33 Å². The zero-order chi connectivity index (χ0) is 19.7. The zero-order valence-electron chi connectivity index (χ0n) is 16.6. The molecule has 1 aliphatic heterocycles. The Balaban J connectivity index is 1.35. The number of fused-ring (bicyclic) bond motifs is 1. The summed E-state index contributed by atoms with van der Waals surface area (Å²) in [6.45, 7) is 6.00. The number of hydrogen-bond donors (Lipinski definition) is 1. The van der Waals surface area contributed by atoms with Gasteiger partial charge in [-0.1, -0.05) is 0 Å². The summed E-state index contributed by atoms with van der Waals surface area (Å²) in [6.07, 6.45) is 6.73. The van der Waals surface area contributed by atoms with E-state index in [9.17, 15) is 9.59 Å². The Morgan fingerprint density at radius 1 is 1.25 bits per heavy atom. The van der Waals surface area contributed by atoms with Crippen LogP contribution in [-0.4, -0.2) is 55.9 Å². The molecule has 150 valence electrons. The van der Waals surface area contributed by atoms with Gasteiger partial charge >= 0.3 is 0 Å². The van der Waals surface area contributed by atoms with Gasteiger partial charge in [0.25, 0.3) is 5.78 Å². The number of carbonyl (C=O) groups excluding carboxylic acids is 2. The molecule has 4 rings (SSSR count). The Labute approximate surface area is 164 Å². The average Bonchev–Trinajstić information content (AvgIpc) is 3.41. The highest BCUT2D eigenvalue weighted by Crippen LogP contribution is 2.28. The van der Waals surface area contributed by atoms with Gasteiger partial charge in [0.1, 0.15) is 6.33 Å². The molecule has 3 heterocycles. The van der Waals surface area contributed by atoms with Crippen LogP contribution in [0.1, 0.15) is 49.1 Å². The SMILES string of the molecule is Cc1nc2ncnn2c(C)c1CCC(=O)N1CCCC(C(=O)NCC2CC2)C1. The predicted octanol–water partition coefficient (Wildman–Crippen LogP) is 1.44. The van der Waals surface area contributed by atoms with E-state index < -0.39 is 0 Å². The number of nitrogens with one attached hydrogen (secondary N) is 1. The Morgan fingerprint density at radius 3 is 2.86 bits per heavy atom. The highest BCUT2D eigenvalue weighted by molar-refractivity contribution is 5.81. The monoisotopic (exact) mass is 384 g/mol. The molecule has 0 bridgehead atoms. The largest absolute Gasteiger partial charge is 0.356 e. The minimum absolute atomic E-state index is 0.0758. The maximum absolute atomic E-state index is 12.8. The summed E-state index contributed by atoms with van der Waals surface area (Å²) in [5, 5.41) is 7.26. The number of rotatable bonds is 6. The van der Waals surface area contributed by atoms with Crippen molar-refractivity contribution in [1.82, 2.24) is 29.8 Å². The van der Waals surface area contributed by atoms with Gasteiger partial charge in [-0.2, -0.15) is 10.1 Å². The molecule has 1 saturated carbocycles. The van der Waals surface area contributed by atoms with E-state index in [4.69, 9.17) is 0 Å². The summed E-state index contributed by atoms with van der Waals surface area (Å²) in [6, 6.07) is 0. The van der Waals surface area contributed by atoms with E-state index in [1.54, 1.807) is 4.52 Å². The van der Waals surface area contributed by atoms with Crippen LogP contribution < -0.4 is 5.32 Å². The van der Waals surface area contributed by atoms with Crippen LogP contribution in [0.4, 0.5) is 0 Å². The van der Waals surface area contributed by atoms with Crippen LogP contribution in [0, 0.1) is 25.7 Å². The molecule has 0 radical (unpaired) electrons. The number of likely N-dealkylation sites (tertiary alicyclic amines) is 1. The van der Waals surface area contributed by atoms with Gasteiger partial charge in [0.2, 0.25) is 11.8 Å². The lowest BCUT2D eigenvalue weighted by atomic mass is 9.96. The van der Waals surface area contributed by atoms with Gasteiger partial charge in [-0.25, -0.2) is 9.50 Å². The van der Waals surface area contributed by atoms with Crippen molar-refractivity contribution in [1.29, 1.82) is 0 Å². The Hall–Kier alpha value is -2.51. The lowest BCUT2D eigenvalue weighted by Gasteiger charge is -2.32. The summed E-state index contributed by atoms with van der Waals surface area (Å²) in [5.74, 6) is 1.40. The molecule has 2 aliphatic rings. The van der Waals surface area contributed by atoms with Crippen molar-refractivity contribution in [2.24, 2.45) is 11.8 Å². The summed E-state index contributed by atoms with van der Waals surface area (Å²) < 4.78 is 1.72. The summed E-state index contributed by atoms with van der Waals surface area (Å²) in [7, 11) is 0. The second-order valence-electron chi connectivity index (χ2n) is 8.10. The van der Waals surface area contributed by atoms with E-state index in [1.165, 1.54) is 19.2 Å². The topological polar surface area (TPSA) is 92.5 Å². The molecular formula is C20H28N6O2. The molecule has 1 atom stereocenters. The van der Waals surface area contributed by atoms with Gasteiger partial charge in [0.15, 0.2) is 0 Å². The van der Waals surface area contributed by atoms with E-state index in [-0.39, 0.29) is 17.7 Å². The molecule has 0 aromatic carbocycles. The quantitative estimate of drug-likeness (QED) is 0.814. The molecule has 8 heteroatoms. The van der Waals surface area contributed by atoms with Crippen LogP contribution in [0.25, 0.3) is 5.78 Å². The summed E-state index contributed by atoms with van der Waals surface area (Å²) in [4.78, 5) is 35.6. The lowest BCUT2D eigenvalue weighted by Crippen LogP contribution is -2.45. The molecule has 8 nitrogen and oxygen atoms in total. The van der Waals surface area contributed by atoms with Gasteiger partial charge in [0.05, 0.1) is 5.92 Å². The Bertz CT molecular complexity index is 888. The molecule has 2 aromatic rings. The smallest absolute Gasteiger partial charge is 0.252 e. The molecule has 1 aliphatic carbocycles. The number of carbonyl (C=O) groups is 2. The number of aryl methyl sites for hydroxylation is 2. The number of hydrogen-bond acceptors (Lipinski definition) is 5. The number of aromatic nitrogens is 4. The maximum Gasteiger partial charge on any atom is 0.252 e. The minimum Gasteiger partial charge on any atom is -0.356 e. The van der Waals surface area contributed by atoms with Crippen LogP contribution in [0.5, 0.6) is 0 Å². The fraction of sp³-hybridized carbons (Fsp3) is 0.650. The van der Waals surface area contributed by atoms with Crippen LogP contribution in [0.3, 0.4) is 0 Å². The van der Waals surface area contributed by atoms with Crippen LogP contribution in [0.2, 0.25) is 0 Å². The second kappa shape index (κ2) is 7.85. The first kappa shape index (κ1) is 18.8. The normalized spacial score (nSPS) is 19.8. The summed E-state index contributed by atoms with van der Waals surface area (Å²) >= 11 is 0. The molecule has 1 N–H and O–H groups in total. The van der Waals surface area contributed by atoms with Gasteiger partial charge in [0, 0.05) is 37.4 Å². The maximum atomic E-state index is 12.8. The molecule has 2 fully saturated rings. The molecule has 2 aromatic heterocycles. The van der Waals surface area contributed by atoms with Gasteiger partial charge in [-0.15, -0.1) is 0 Å². The summed E-state index contributed by atoms with van der Waals surface area (Å²) in [5.41, 5.74) is 2.91. The van der Waals surface area contributed by atoms with Gasteiger partial charge in [-0.05, 0) is 57.4 Å². The average molecular weight is 384 g/mol. The van der Waals surface area contributed by atoms with Gasteiger partial charge < -0.3 is 10.2 Å². The highest BCUT2D eigenvalue weighted by Gasteiger charge is 2.29. The van der Waals surface area contributed by atoms with Crippen molar-refractivity contribution >= 4 is 17.6 Å². The van der Waals surface area contributed by atoms with E-state index in [1.807, 2.05) is 18.7 Å². The Kier molecular flexibility index (Phi) is 5.28. The van der Waals surface area contributed by atoms with Crippen LogP contribution >= 0.6 is 0 Å². The van der Waals surface area contributed by atoms with E-state index in [0.717, 1.165) is 42.9 Å². The third-order valence-electron chi connectivity index (χ3n) is 5.98. The first-order chi connectivity index (χ1) is 13.5. The molecule has 1 saturated heterocycles. The third kappa shape index (κ3) is 4.00. The van der Waals surface area contributed by atoms with Crippen molar-refractivity contribution in [3.05, 3.63) is 23.3 Å². The van der Waals surface area contributed by atoms with Crippen molar-refractivity contribution in [3.63, 3.8) is 0 Å². The van der Waals surface area contributed by atoms with E-state index in [2.05, 4.69) is 20.4 Å². The predicted molar refractivity (Wildman–Crippen MR) is 104 cm³/mol. The number of nitrogens with zero attached hydrogens (tertiary/aromatic N) is 5. The van der Waals surface area contributed by atoms with Crippen molar-refractivity contribution < 1.29 is 9.59 Å². The highest BCUT2D eigenvalue weighted by atomic mass is 16.2. The van der Waals surface area contributed by atoms with E-state index in [0.29, 0.717) is 31.1 Å². The van der Waals surface area contributed by atoms with Crippen LogP contribution in [-0.2, 0) is 16.0 Å². The number of amides is 2. The fourth-order valence-electron chi connectivity index (χ4n) is 4.04. The lowest BCUT2D eigenvalue weighted by molar-refractivity contribution is -0.135. The van der Waals surface area contributed by atoms with E-state index >= 15 is 0 Å². The minimum atomic E-state index is -0.0758. The van der Waals surface area contributed by atoms with Crippen molar-refractivity contribution in [3.8, 4) is 0 Å². The van der Waals surface area contributed by atoms with Crippen molar-refractivity contribution in [2.45, 2.75) is 52.4 Å². The molecule has 28 heavy (non-hydrogen) atoms. The fourth-order valence-corrected chi connectivity index (χ4v) is 4.04. The second-order valence-corrected chi connectivity index (χ2v) is 8.10. The van der Waals surface area contributed by atoms with Gasteiger partial charge in [-0.3, -0.25) is 9.59 Å². The zero-order valence-corrected chi connectivity index (χ0v) is 16.6. The Morgan fingerprint density at radius 2 is 2.07 bits per heavy atom. The molecule has 1 unspecified atom stereocenters. The third-order valence-corrected chi connectivity index (χ3v) is 5.98.